The first-order chi connectivity index (χ1) is 9.79. The van der Waals surface area contributed by atoms with Gasteiger partial charge in [0.05, 0.1) is 6.10 Å². The second-order valence-corrected chi connectivity index (χ2v) is 6.70. The number of piperidine rings is 1. The van der Waals surface area contributed by atoms with Crippen molar-refractivity contribution in [3.05, 3.63) is 0 Å². The van der Waals surface area contributed by atoms with Gasteiger partial charge < -0.3 is 15.0 Å². The topological polar surface area (TPSA) is 24.5 Å². The zero-order valence-electron chi connectivity index (χ0n) is 13.6. The average molecular weight is 282 g/mol. The third-order valence-electron chi connectivity index (χ3n) is 5.08. The monoisotopic (exact) mass is 282 g/mol. The summed E-state index contributed by atoms with van der Waals surface area (Å²) in [6.07, 6.45) is 9.72. The van der Waals surface area contributed by atoms with Crippen LogP contribution in [0.5, 0.6) is 0 Å². The SMILES string of the molecule is CCCNC(C)C1CCN(CCCC2CCCO2)CC1. The normalized spacial score (nSPS) is 27.0. The van der Waals surface area contributed by atoms with Crippen LogP contribution in [-0.4, -0.2) is 49.8 Å². The zero-order valence-corrected chi connectivity index (χ0v) is 13.6. The van der Waals surface area contributed by atoms with Gasteiger partial charge in [0.25, 0.3) is 0 Å². The third-order valence-corrected chi connectivity index (χ3v) is 5.08. The molecular formula is C17H34N2O. The number of nitrogens with zero attached hydrogens (tertiary/aromatic N) is 1. The molecule has 1 N–H and O–H groups in total. The van der Waals surface area contributed by atoms with Crippen molar-refractivity contribution < 1.29 is 4.74 Å². The smallest absolute Gasteiger partial charge is 0.0576 e. The number of likely N-dealkylation sites (tertiary alicyclic amines) is 1. The van der Waals surface area contributed by atoms with Crippen LogP contribution >= 0.6 is 0 Å². The van der Waals surface area contributed by atoms with Crippen molar-refractivity contribution in [2.75, 3.05) is 32.8 Å². The fraction of sp³-hybridized carbons (Fsp3) is 1.00. The average Bonchev–Trinajstić information content (AvgIpc) is 2.99. The second kappa shape index (κ2) is 9.01. The van der Waals surface area contributed by atoms with Gasteiger partial charge in [0.15, 0.2) is 0 Å². The molecule has 0 aromatic carbocycles. The van der Waals surface area contributed by atoms with Crippen LogP contribution in [0, 0.1) is 5.92 Å². The molecule has 2 unspecified atom stereocenters. The van der Waals surface area contributed by atoms with Crippen molar-refractivity contribution >= 4 is 0 Å². The molecule has 0 bridgehead atoms. The van der Waals surface area contributed by atoms with Crippen LogP contribution < -0.4 is 5.32 Å². The molecule has 2 aliphatic heterocycles. The van der Waals surface area contributed by atoms with E-state index >= 15 is 0 Å². The Labute approximate surface area is 125 Å². The van der Waals surface area contributed by atoms with E-state index in [4.69, 9.17) is 4.74 Å². The first kappa shape index (κ1) is 16.3. The number of ether oxygens (including phenoxy) is 1. The van der Waals surface area contributed by atoms with E-state index in [1.54, 1.807) is 0 Å². The number of nitrogens with one attached hydrogen (secondary N) is 1. The molecule has 2 saturated heterocycles. The van der Waals surface area contributed by atoms with Gasteiger partial charge in [-0.25, -0.2) is 0 Å². The predicted octanol–water partition coefficient (Wildman–Crippen LogP) is 3.05. The van der Waals surface area contributed by atoms with Crippen LogP contribution in [0.4, 0.5) is 0 Å². The zero-order chi connectivity index (χ0) is 14.2. The second-order valence-electron chi connectivity index (χ2n) is 6.70. The van der Waals surface area contributed by atoms with Gasteiger partial charge in [-0.1, -0.05) is 6.92 Å². The summed E-state index contributed by atoms with van der Waals surface area (Å²) >= 11 is 0. The maximum absolute atomic E-state index is 5.70. The number of hydrogen-bond donors (Lipinski definition) is 1. The van der Waals surface area contributed by atoms with E-state index in [-0.39, 0.29) is 0 Å². The Balaban J connectivity index is 1.54. The predicted molar refractivity (Wildman–Crippen MR) is 85.1 cm³/mol. The minimum atomic E-state index is 0.575. The molecule has 0 radical (unpaired) electrons. The van der Waals surface area contributed by atoms with Gasteiger partial charge in [-0.15, -0.1) is 0 Å². The van der Waals surface area contributed by atoms with E-state index < -0.39 is 0 Å². The fourth-order valence-corrected chi connectivity index (χ4v) is 3.63. The van der Waals surface area contributed by atoms with Crippen molar-refractivity contribution in [2.24, 2.45) is 5.92 Å². The molecule has 0 amide bonds. The van der Waals surface area contributed by atoms with Gasteiger partial charge in [-0.2, -0.15) is 0 Å². The summed E-state index contributed by atoms with van der Waals surface area (Å²) < 4.78 is 5.70. The first-order valence-corrected chi connectivity index (χ1v) is 8.87. The molecule has 20 heavy (non-hydrogen) atoms. The Kier molecular flexibility index (Phi) is 7.32. The van der Waals surface area contributed by atoms with Gasteiger partial charge in [0.1, 0.15) is 0 Å². The van der Waals surface area contributed by atoms with E-state index in [1.807, 2.05) is 0 Å². The molecule has 0 aromatic heterocycles. The molecule has 2 heterocycles. The Morgan fingerprint density at radius 3 is 2.70 bits per heavy atom. The molecule has 2 aliphatic rings. The summed E-state index contributed by atoms with van der Waals surface area (Å²) in [5.41, 5.74) is 0. The molecule has 0 saturated carbocycles. The highest BCUT2D eigenvalue weighted by Crippen LogP contribution is 2.22. The molecule has 118 valence electrons. The summed E-state index contributed by atoms with van der Waals surface area (Å²) in [7, 11) is 0. The maximum atomic E-state index is 5.70. The molecule has 2 atom stereocenters. The molecule has 0 aliphatic carbocycles. The summed E-state index contributed by atoms with van der Waals surface area (Å²) in [4.78, 5) is 2.66. The van der Waals surface area contributed by atoms with Crippen LogP contribution in [-0.2, 0) is 4.74 Å². The lowest BCUT2D eigenvalue weighted by atomic mass is 9.90. The highest BCUT2D eigenvalue weighted by Gasteiger charge is 2.23. The lowest BCUT2D eigenvalue weighted by Gasteiger charge is -2.35. The van der Waals surface area contributed by atoms with Crippen molar-refractivity contribution in [3.8, 4) is 0 Å². The lowest BCUT2D eigenvalue weighted by Crippen LogP contribution is -2.42. The minimum Gasteiger partial charge on any atom is -0.378 e. The molecule has 0 spiro atoms. The molecule has 2 fully saturated rings. The van der Waals surface area contributed by atoms with Crippen LogP contribution in [0.25, 0.3) is 0 Å². The quantitative estimate of drug-likeness (QED) is 0.740. The third kappa shape index (κ3) is 5.34. The largest absolute Gasteiger partial charge is 0.378 e. The van der Waals surface area contributed by atoms with Crippen LogP contribution in [0.15, 0.2) is 0 Å². The van der Waals surface area contributed by atoms with E-state index in [2.05, 4.69) is 24.1 Å². The van der Waals surface area contributed by atoms with E-state index in [1.165, 1.54) is 71.1 Å². The maximum Gasteiger partial charge on any atom is 0.0576 e. The fourth-order valence-electron chi connectivity index (χ4n) is 3.63. The summed E-state index contributed by atoms with van der Waals surface area (Å²) in [6, 6.07) is 0.698. The first-order valence-electron chi connectivity index (χ1n) is 8.87. The summed E-state index contributed by atoms with van der Waals surface area (Å²) in [6.45, 7) is 10.7. The van der Waals surface area contributed by atoms with E-state index in [0.29, 0.717) is 12.1 Å². The van der Waals surface area contributed by atoms with Crippen LogP contribution in [0.2, 0.25) is 0 Å². The Morgan fingerprint density at radius 2 is 2.05 bits per heavy atom. The van der Waals surface area contributed by atoms with Gasteiger partial charge in [-0.05, 0) is 84.0 Å². The minimum absolute atomic E-state index is 0.575. The van der Waals surface area contributed by atoms with Gasteiger partial charge in [0.2, 0.25) is 0 Å². The summed E-state index contributed by atoms with van der Waals surface area (Å²) in [5, 5.41) is 3.66. The highest BCUT2D eigenvalue weighted by atomic mass is 16.5. The van der Waals surface area contributed by atoms with Gasteiger partial charge in [0, 0.05) is 12.6 Å². The van der Waals surface area contributed by atoms with E-state index in [9.17, 15) is 0 Å². The standard InChI is InChI=1S/C17H34N2O/c1-3-10-18-15(2)16-8-12-19(13-9-16)11-4-6-17-7-5-14-20-17/h15-18H,3-14H2,1-2H3. The number of hydrogen-bond acceptors (Lipinski definition) is 3. The summed E-state index contributed by atoms with van der Waals surface area (Å²) in [5.74, 6) is 0.885. The van der Waals surface area contributed by atoms with Crippen LogP contribution in [0.1, 0.15) is 58.8 Å². The molecule has 0 aromatic rings. The lowest BCUT2D eigenvalue weighted by molar-refractivity contribution is 0.0949. The Hall–Kier alpha value is -0.120. The number of rotatable bonds is 8. The Morgan fingerprint density at radius 1 is 1.25 bits per heavy atom. The highest BCUT2D eigenvalue weighted by molar-refractivity contribution is 4.79. The van der Waals surface area contributed by atoms with Crippen molar-refractivity contribution in [1.82, 2.24) is 10.2 Å². The molecule has 3 nitrogen and oxygen atoms in total. The van der Waals surface area contributed by atoms with E-state index in [0.717, 1.165) is 12.5 Å². The molecule has 2 rings (SSSR count). The Bertz CT molecular complexity index is 245. The van der Waals surface area contributed by atoms with Gasteiger partial charge in [-0.3, -0.25) is 0 Å². The molecule has 3 heteroatoms. The van der Waals surface area contributed by atoms with Crippen molar-refractivity contribution in [1.29, 1.82) is 0 Å². The van der Waals surface area contributed by atoms with Gasteiger partial charge >= 0.3 is 0 Å². The van der Waals surface area contributed by atoms with Crippen LogP contribution in [0.3, 0.4) is 0 Å². The molecular weight excluding hydrogens is 248 g/mol. The van der Waals surface area contributed by atoms with Crippen molar-refractivity contribution in [3.63, 3.8) is 0 Å². The van der Waals surface area contributed by atoms with Crippen molar-refractivity contribution in [2.45, 2.75) is 70.9 Å².